The summed E-state index contributed by atoms with van der Waals surface area (Å²) in [6.45, 7) is 3.59. The van der Waals surface area contributed by atoms with Gasteiger partial charge in [0.1, 0.15) is 5.00 Å². The molecule has 0 radical (unpaired) electrons. The van der Waals surface area contributed by atoms with Gasteiger partial charge in [-0.25, -0.2) is 4.79 Å². The minimum atomic E-state index is -1.02. The highest BCUT2D eigenvalue weighted by Gasteiger charge is 2.20. The van der Waals surface area contributed by atoms with Crippen molar-refractivity contribution in [2.24, 2.45) is 0 Å². The van der Waals surface area contributed by atoms with Crippen LogP contribution in [0.5, 0.6) is 0 Å². The lowest BCUT2D eigenvalue weighted by atomic mass is 10.1. The van der Waals surface area contributed by atoms with Gasteiger partial charge < -0.3 is 10.4 Å². The molecule has 0 atom stereocenters. The van der Waals surface area contributed by atoms with Crippen molar-refractivity contribution < 1.29 is 14.7 Å². The number of aromatic carboxylic acids is 1. The van der Waals surface area contributed by atoms with Crippen LogP contribution in [0.4, 0.5) is 5.00 Å². The van der Waals surface area contributed by atoms with Gasteiger partial charge in [0.05, 0.1) is 5.56 Å². The Labute approximate surface area is 134 Å². The standard InChI is InChI=1S/C14H12INO3S/c1-7-8(2)20-13(11(7)14(18)19)16-12(17)9-4-3-5-10(15)6-9/h3-6H,1-2H3,(H,16,17)(H,18,19). The number of carbonyl (C=O) groups is 2. The minimum Gasteiger partial charge on any atom is -0.478 e. The summed E-state index contributed by atoms with van der Waals surface area (Å²) >= 11 is 3.41. The maximum atomic E-state index is 12.2. The molecule has 0 saturated heterocycles. The maximum absolute atomic E-state index is 12.2. The molecule has 0 saturated carbocycles. The second kappa shape index (κ2) is 5.92. The quantitative estimate of drug-likeness (QED) is 0.767. The number of amides is 1. The fourth-order valence-electron chi connectivity index (χ4n) is 1.78. The van der Waals surface area contributed by atoms with Gasteiger partial charge in [-0.15, -0.1) is 11.3 Å². The van der Waals surface area contributed by atoms with Gasteiger partial charge in [0.2, 0.25) is 0 Å². The smallest absolute Gasteiger partial charge is 0.338 e. The monoisotopic (exact) mass is 401 g/mol. The molecule has 104 valence electrons. The van der Waals surface area contributed by atoms with Gasteiger partial charge in [-0.05, 0) is 60.2 Å². The van der Waals surface area contributed by atoms with Crippen LogP contribution in [-0.4, -0.2) is 17.0 Å². The lowest BCUT2D eigenvalue weighted by Crippen LogP contribution is -2.13. The highest BCUT2D eigenvalue weighted by Crippen LogP contribution is 2.32. The fourth-order valence-corrected chi connectivity index (χ4v) is 3.37. The van der Waals surface area contributed by atoms with Gasteiger partial charge in [-0.2, -0.15) is 0 Å². The molecule has 0 aliphatic heterocycles. The molecule has 0 aliphatic carbocycles. The van der Waals surface area contributed by atoms with Crippen LogP contribution in [0.3, 0.4) is 0 Å². The van der Waals surface area contributed by atoms with E-state index in [0.717, 1.165) is 8.45 Å². The van der Waals surface area contributed by atoms with Crippen molar-refractivity contribution in [1.29, 1.82) is 0 Å². The van der Waals surface area contributed by atoms with E-state index in [1.165, 1.54) is 11.3 Å². The number of carboxylic acid groups (broad SMARTS) is 1. The summed E-state index contributed by atoms with van der Waals surface area (Å²) < 4.78 is 0.951. The van der Waals surface area contributed by atoms with Crippen LogP contribution in [0.25, 0.3) is 0 Å². The summed E-state index contributed by atoms with van der Waals surface area (Å²) in [7, 11) is 0. The van der Waals surface area contributed by atoms with Crippen LogP contribution >= 0.6 is 33.9 Å². The van der Waals surface area contributed by atoms with E-state index in [9.17, 15) is 14.7 Å². The van der Waals surface area contributed by atoms with E-state index in [1.807, 2.05) is 13.0 Å². The van der Waals surface area contributed by atoms with E-state index in [-0.39, 0.29) is 11.5 Å². The van der Waals surface area contributed by atoms with Crippen molar-refractivity contribution in [3.05, 3.63) is 49.4 Å². The molecule has 0 spiro atoms. The topological polar surface area (TPSA) is 66.4 Å². The third kappa shape index (κ3) is 3.01. The third-order valence-electron chi connectivity index (χ3n) is 2.91. The summed E-state index contributed by atoms with van der Waals surface area (Å²) in [6.07, 6.45) is 0. The molecule has 1 heterocycles. The summed E-state index contributed by atoms with van der Waals surface area (Å²) in [5, 5.41) is 12.3. The second-order valence-electron chi connectivity index (χ2n) is 4.26. The van der Waals surface area contributed by atoms with E-state index in [0.29, 0.717) is 16.1 Å². The van der Waals surface area contributed by atoms with Gasteiger partial charge in [0.15, 0.2) is 0 Å². The Balaban J connectivity index is 2.33. The first-order valence-electron chi connectivity index (χ1n) is 5.80. The first-order valence-corrected chi connectivity index (χ1v) is 7.70. The van der Waals surface area contributed by atoms with Gasteiger partial charge in [0, 0.05) is 14.0 Å². The molecular formula is C14H12INO3S. The predicted molar refractivity (Wildman–Crippen MR) is 87.9 cm³/mol. The summed E-state index contributed by atoms with van der Waals surface area (Å²) in [4.78, 5) is 24.3. The normalized spacial score (nSPS) is 10.3. The van der Waals surface area contributed by atoms with Gasteiger partial charge in [-0.3, -0.25) is 4.79 Å². The Hall–Kier alpha value is -1.41. The Morgan fingerprint density at radius 3 is 2.60 bits per heavy atom. The lowest BCUT2D eigenvalue weighted by Gasteiger charge is -2.05. The fraction of sp³-hybridized carbons (Fsp3) is 0.143. The average Bonchev–Trinajstić information content (AvgIpc) is 2.64. The first-order chi connectivity index (χ1) is 9.40. The number of hydrogen-bond donors (Lipinski definition) is 2. The van der Waals surface area contributed by atoms with E-state index in [4.69, 9.17) is 0 Å². The first kappa shape index (κ1) is 15.0. The average molecular weight is 401 g/mol. The molecule has 20 heavy (non-hydrogen) atoms. The lowest BCUT2D eigenvalue weighted by molar-refractivity contribution is 0.0697. The minimum absolute atomic E-state index is 0.173. The summed E-state index contributed by atoms with van der Waals surface area (Å²) in [6, 6.07) is 7.13. The number of anilines is 1. The molecule has 0 bridgehead atoms. The van der Waals surface area contributed by atoms with Gasteiger partial charge in [-0.1, -0.05) is 6.07 Å². The van der Waals surface area contributed by atoms with Crippen LogP contribution < -0.4 is 5.32 Å². The van der Waals surface area contributed by atoms with Crippen LogP contribution in [0, 0.1) is 17.4 Å². The van der Waals surface area contributed by atoms with E-state index in [1.54, 1.807) is 25.1 Å². The number of carbonyl (C=O) groups excluding carboxylic acids is 1. The second-order valence-corrected chi connectivity index (χ2v) is 6.73. The molecular weight excluding hydrogens is 389 g/mol. The van der Waals surface area contributed by atoms with Gasteiger partial charge in [0.25, 0.3) is 5.91 Å². The zero-order chi connectivity index (χ0) is 14.9. The molecule has 2 N–H and O–H groups in total. The highest BCUT2D eigenvalue weighted by atomic mass is 127. The zero-order valence-corrected chi connectivity index (χ0v) is 13.8. The largest absolute Gasteiger partial charge is 0.478 e. The molecule has 1 aromatic heterocycles. The Morgan fingerprint density at radius 1 is 1.30 bits per heavy atom. The van der Waals surface area contributed by atoms with Crippen molar-refractivity contribution >= 4 is 50.8 Å². The molecule has 6 heteroatoms. The van der Waals surface area contributed by atoms with Crippen molar-refractivity contribution in [1.82, 2.24) is 0 Å². The Kier molecular flexibility index (Phi) is 4.44. The number of halogens is 1. The molecule has 4 nitrogen and oxygen atoms in total. The Morgan fingerprint density at radius 2 is 2.00 bits per heavy atom. The van der Waals surface area contributed by atoms with E-state index in [2.05, 4.69) is 27.9 Å². The SMILES string of the molecule is Cc1sc(NC(=O)c2cccc(I)c2)c(C(=O)O)c1C. The van der Waals surface area contributed by atoms with Crippen molar-refractivity contribution in [3.8, 4) is 0 Å². The molecule has 0 aliphatic rings. The number of benzene rings is 1. The highest BCUT2D eigenvalue weighted by molar-refractivity contribution is 14.1. The molecule has 0 unspecified atom stereocenters. The van der Waals surface area contributed by atoms with E-state index >= 15 is 0 Å². The molecule has 1 amide bonds. The number of nitrogens with one attached hydrogen (secondary N) is 1. The van der Waals surface area contributed by atoms with Crippen LogP contribution in [0.2, 0.25) is 0 Å². The summed E-state index contributed by atoms with van der Waals surface area (Å²) in [5.41, 5.74) is 1.38. The number of carboxylic acids is 1. The summed E-state index contributed by atoms with van der Waals surface area (Å²) in [5.74, 6) is -1.32. The zero-order valence-electron chi connectivity index (χ0n) is 10.9. The van der Waals surface area contributed by atoms with Crippen LogP contribution in [-0.2, 0) is 0 Å². The van der Waals surface area contributed by atoms with Gasteiger partial charge >= 0.3 is 5.97 Å². The third-order valence-corrected chi connectivity index (χ3v) is 4.71. The molecule has 0 fully saturated rings. The van der Waals surface area contributed by atoms with Crippen molar-refractivity contribution in [3.63, 3.8) is 0 Å². The molecule has 2 aromatic rings. The van der Waals surface area contributed by atoms with Crippen molar-refractivity contribution in [2.75, 3.05) is 5.32 Å². The van der Waals surface area contributed by atoms with Crippen molar-refractivity contribution in [2.45, 2.75) is 13.8 Å². The number of hydrogen-bond acceptors (Lipinski definition) is 3. The molecule has 1 aromatic carbocycles. The number of aryl methyl sites for hydroxylation is 1. The van der Waals surface area contributed by atoms with Crippen LogP contribution in [0.1, 0.15) is 31.2 Å². The van der Waals surface area contributed by atoms with Crippen LogP contribution in [0.15, 0.2) is 24.3 Å². The predicted octanol–water partition coefficient (Wildman–Crippen LogP) is 3.92. The molecule has 2 rings (SSSR count). The number of thiophene rings is 1. The number of rotatable bonds is 3. The van der Waals surface area contributed by atoms with E-state index < -0.39 is 5.97 Å². The maximum Gasteiger partial charge on any atom is 0.338 e. The Bertz CT molecular complexity index is 694.